The molecule has 1 saturated carbocycles. The zero-order chi connectivity index (χ0) is 19.0. The predicted octanol–water partition coefficient (Wildman–Crippen LogP) is 2.79. The number of amides is 2. The summed E-state index contributed by atoms with van der Waals surface area (Å²) in [6.07, 6.45) is 3.31. The third kappa shape index (κ3) is 3.41. The molecule has 0 spiro atoms. The lowest BCUT2D eigenvalue weighted by Crippen LogP contribution is -2.48. The van der Waals surface area contributed by atoms with Crippen LogP contribution in [0.4, 0.5) is 9.18 Å². The second-order valence-corrected chi connectivity index (χ2v) is 7.00. The molecule has 27 heavy (non-hydrogen) atoms. The number of benzene rings is 1. The summed E-state index contributed by atoms with van der Waals surface area (Å²) < 4.78 is 20.3. The van der Waals surface area contributed by atoms with Crippen LogP contribution in [0.15, 0.2) is 42.6 Å². The fourth-order valence-electron chi connectivity index (χ4n) is 3.73. The summed E-state index contributed by atoms with van der Waals surface area (Å²) in [5, 5.41) is 0. The van der Waals surface area contributed by atoms with Crippen LogP contribution >= 0.6 is 0 Å². The molecule has 7 heteroatoms. The Morgan fingerprint density at radius 1 is 1.19 bits per heavy atom. The molecule has 142 valence electrons. The maximum Gasteiger partial charge on any atom is 0.410 e. The Hall–Kier alpha value is -2.83. The van der Waals surface area contributed by atoms with E-state index in [4.69, 9.17) is 4.74 Å². The number of methoxy groups -OCH3 is 1. The number of hydrogen-bond acceptors (Lipinski definition) is 3. The highest BCUT2D eigenvalue weighted by molar-refractivity contribution is 5.83. The smallest absolute Gasteiger partial charge is 0.410 e. The molecule has 2 aromatic rings. The van der Waals surface area contributed by atoms with E-state index in [2.05, 4.69) is 4.57 Å². The normalized spacial score (nSPS) is 18.7. The summed E-state index contributed by atoms with van der Waals surface area (Å²) >= 11 is 0. The first-order valence-corrected chi connectivity index (χ1v) is 9.13. The molecule has 6 nitrogen and oxygen atoms in total. The van der Waals surface area contributed by atoms with Gasteiger partial charge in [0.25, 0.3) is 0 Å². The molecule has 0 saturated heterocycles. The van der Waals surface area contributed by atoms with Crippen molar-refractivity contribution in [2.24, 2.45) is 0 Å². The molecule has 0 radical (unpaired) electrons. The lowest BCUT2D eigenvalue weighted by molar-refractivity contribution is -0.135. The third-order valence-electron chi connectivity index (χ3n) is 5.25. The van der Waals surface area contributed by atoms with Crippen LogP contribution in [0, 0.1) is 5.82 Å². The van der Waals surface area contributed by atoms with Gasteiger partial charge in [0.1, 0.15) is 12.4 Å². The lowest BCUT2D eigenvalue weighted by atomic mass is 9.99. The number of halogens is 1. The van der Waals surface area contributed by atoms with Crippen molar-refractivity contribution in [3.63, 3.8) is 0 Å². The van der Waals surface area contributed by atoms with E-state index in [-0.39, 0.29) is 30.4 Å². The van der Waals surface area contributed by atoms with Crippen LogP contribution < -0.4 is 0 Å². The van der Waals surface area contributed by atoms with Gasteiger partial charge in [-0.1, -0.05) is 12.1 Å². The van der Waals surface area contributed by atoms with Crippen LogP contribution in [0.3, 0.4) is 0 Å². The van der Waals surface area contributed by atoms with E-state index in [9.17, 15) is 14.0 Å². The summed E-state index contributed by atoms with van der Waals surface area (Å²) in [4.78, 5) is 28.5. The van der Waals surface area contributed by atoms with Gasteiger partial charge >= 0.3 is 6.09 Å². The van der Waals surface area contributed by atoms with Gasteiger partial charge in [-0.05, 0) is 42.7 Å². The molecule has 1 aliphatic heterocycles. The van der Waals surface area contributed by atoms with E-state index in [1.165, 1.54) is 24.1 Å². The van der Waals surface area contributed by atoms with Gasteiger partial charge in [0.2, 0.25) is 5.91 Å². The highest BCUT2D eigenvalue weighted by Gasteiger charge is 2.38. The van der Waals surface area contributed by atoms with E-state index in [0.29, 0.717) is 13.1 Å². The van der Waals surface area contributed by atoms with Gasteiger partial charge in [-0.3, -0.25) is 9.69 Å². The number of fused-ring (bicyclic) bond motifs is 1. The van der Waals surface area contributed by atoms with Crippen LogP contribution in [0.5, 0.6) is 0 Å². The van der Waals surface area contributed by atoms with Crippen LogP contribution in [0.2, 0.25) is 0 Å². The van der Waals surface area contributed by atoms with E-state index in [1.807, 2.05) is 18.3 Å². The standard InChI is InChI=1S/C20H22FN3O3/c1-27-20(26)24(16-8-9-16)13-18(25)23-12-11-22-10-2-3-17(22)19(23)14-4-6-15(21)7-5-14/h2-7,10,16,19H,8-9,11-13H2,1H3/t19-/m0/s1. The molecule has 2 amide bonds. The highest BCUT2D eigenvalue weighted by Crippen LogP contribution is 2.33. The average molecular weight is 371 g/mol. The number of nitrogens with zero attached hydrogens (tertiary/aromatic N) is 3. The van der Waals surface area contributed by atoms with E-state index in [1.54, 1.807) is 17.0 Å². The zero-order valence-electron chi connectivity index (χ0n) is 15.2. The first kappa shape index (κ1) is 17.6. The van der Waals surface area contributed by atoms with Gasteiger partial charge in [-0.25, -0.2) is 9.18 Å². The van der Waals surface area contributed by atoms with Crippen molar-refractivity contribution in [1.29, 1.82) is 0 Å². The van der Waals surface area contributed by atoms with E-state index < -0.39 is 6.09 Å². The van der Waals surface area contributed by atoms with Crippen molar-refractivity contribution in [3.05, 3.63) is 59.7 Å². The van der Waals surface area contributed by atoms with Crippen LogP contribution in [-0.2, 0) is 16.1 Å². The van der Waals surface area contributed by atoms with Crippen molar-refractivity contribution >= 4 is 12.0 Å². The van der Waals surface area contributed by atoms with Crippen molar-refractivity contribution in [2.45, 2.75) is 31.5 Å². The van der Waals surface area contributed by atoms with Gasteiger partial charge in [0.15, 0.2) is 0 Å². The monoisotopic (exact) mass is 371 g/mol. The molecule has 1 aromatic carbocycles. The molecule has 1 aromatic heterocycles. The maximum atomic E-state index is 13.4. The van der Waals surface area contributed by atoms with Gasteiger partial charge in [0, 0.05) is 31.0 Å². The largest absolute Gasteiger partial charge is 0.453 e. The second kappa shape index (κ2) is 7.06. The Morgan fingerprint density at radius 3 is 2.59 bits per heavy atom. The fourth-order valence-corrected chi connectivity index (χ4v) is 3.73. The van der Waals surface area contributed by atoms with Crippen LogP contribution in [0.1, 0.15) is 30.1 Å². The summed E-state index contributed by atoms with van der Waals surface area (Å²) in [6, 6.07) is 9.94. The van der Waals surface area contributed by atoms with Gasteiger partial charge in [-0.2, -0.15) is 0 Å². The quantitative estimate of drug-likeness (QED) is 0.831. The molecule has 1 fully saturated rings. The molecular formula is C20H22FN3O3. The van der Waals surface area contributed by atoms with Crippen LogP contribution in [0.25, 0.3) is 0 Å². The zero-order valence-corrected chi connectivity index (χ0v) is 15.2. The summed E-state index contributed by atoms with van der Waals surface area (Å²) in [6.45, 7) is 1.21. The van der Waals surface area contributed by atoms with Gasteiger partial charge < -0.3 is 14.2 Å². The summed E-state index contributed by atoms with van der Waals surface area (Å²) in [5.74, 6) is -0.442. The molecule has 0 unspecified atom stereocenters. The number of hydrogen-bond donors (Lipinski definition) is 0. The number of rotatable bonds is 4. The molecule has 0 bridgehead atoms. The molecule has 1 atom stereocenters. The van der Waals surface area contributed by atoms with Crippen LogP contribution in [-0.4, -0.2) is 52.6 Å². The van der Waals surface area contributed by atoms with Gasteiger partial charge in [-0.15, -0.1) is 0 Å². The summed E-state index contributed by atoms with van der Waals surface area (Å²) in [5.41, 5.74) is 1.83. The Bertz CT molecular complexity index is 844. The highest BCUT2D eigenvalue weighted by atomic mass is 19.1. The number of carbonyl (C=O) groups excluding carboxylic acids is 2. The van der Waals surface area contributed by atoms with Crippen molar-refractivity contribution in [3.8, 4) is 0 Å². The van der Waals surface area contributed by atoms with Crippen molar-refractivity contribution in [2.75, 3.05) is 20.2 Å². The Kier molecular flexibility index (Phi) is 4.59. The first-order valence-electron chi connectivity index (χ1n) is 9.13. The van der Waals surface area contributed by atoms with E-state index >= 15 is 0 Å². The minimum atomic E-state index is -0.468. The number of aromatic nitrogens is 1. The molecule has 1 aliphatic carbocycles. The topological polar surface area (TPSA) is 54.8 Å². The van der Waals surface area contributed by atoms with E-state index in [0.717, 1.165) is 24.1 Å². The molecule has 4 rings (SSSR count). The number of carbonyl (C=O) groups is 2. The predicted molar refractivity (Wildman–Crippen MR) is 96.5 cm³/mol. The maximum absolute atomic E-state index is 13.4. The SMILES string of the molecule is COC(=O)N(CC(=O)N1CCn2cccc2[C@@H]1c1ccc(F)cc1)C1CC1. The second-order valence-electron chi connectivity index (χ2n) is 7.00. The lowest BCUT2D eigenvalue weighted by Gasteiger charge is -2.38. The Balaban J connectivity index is 1.62. The third-order valence-corrected chi connectivity index (χ3v) is 5.25. The Labute approximate surface area is 157 Å². The fraction of sp³-hybridized carbons (Fsp3) is 0.400. The van der Waals surface area contributed by atoms with Crippen molar-refractivity contribution in [1.82, 2.24) is 14.4 Å². The molecule has 2 heterocycles. The minimum Gasteiger partial charge on any atom is -0.453 e. The summed E-state index contributed by atoms with van der Waals surface area (Å²) in [7, 11) is 1.33. The Morgan fingerprint density at radius 2 is 1.93 bits per heavy atom. The molecule has 0 N–H and O–H groups in total. The molecule has 2 aliphatic rings. The molecular weight excluding hydrogens is 349 g/mol. The average Bonchev–Trinajstić information content (AvgIpc) is 3.41. The minimum absolute atomic E-state index is 0.00422. The van der Waals surface area contributed by atoms with Crippen molar-refractivity contribution < 1.29 is 18.7 Å². The number of ether oxygens (including phenoxy) is 1. The van der Waals surface area contributed by atoms with Gasteiger partial charge in [0.05, 0.1) is 13.2 Å². The first-order chi connectivity index (χ1) is 13.1.